The van der Waals surface area contributed by atoms with Crippen LogP contribution < -0.4 is 4.74 Å². The van der Waals surface area contributed by atoms with Gasteiger partial charge >= 0.3 is 18.2 Å². The molecule has 0 radical (unpaired) electrons. The zero-order valence-corrected chi connectivity index (χ0v) is 18.7. The molecule has 0 saturated carbocycles. The third-order valence-corrected chi connectivity index (χ3v) is 5.73. The van der Waals surface area contributed by atoms with E-state index < -0.39 is 35.9 Å². The number of carbonyl (C=O) groups is 2. The second kappa shape index (κ2) is 9.69. The van der Waals surface area contributed by atoms with Crippen LogP contribution in [0.3, 0.4) is 0 Å². The van der Waals surface area contributed by atoms with Gasteiger partial charge in [-0.15, -0.1) is 0 Å². The minimum atomic E-state index is -4.58. The number of carbonyl (C=O) groups excluding carboxylic acids is 1. The van der Waals surface area contributed by atoms with Crippen molar-refractivity contribution >= 4 is 12.1 Å². The molecule has 1 amide bonds. The Morgan fingerprint density at radius 2 is 1.80 bits per heavy atom. The van der Waals surface area contributed by atoms with Crippen LogP contribution in [0, 0.1) is 0 Å². The van der Waals surface area contributed by atoms with Gasteiger partial charge in [-0.3, -0.25) is 9.69 Å². The molecule has 0 bridgehead atoms. The minimum absolute atomic E-state index is 0.119. The Hall–Kier alpha value is -4.01. The fourth-order valence-electron chi connectivity index (χ4n) is 3.99. The number of carboxylic acids is 1. The van der Waals surface area contributed by atoms with Crippen LogP contribution in [0.2, 0.25) is 0 Å². The van der Waals surface area contributed by atoms with E-state index in [0.717, 1.165) is 17.7 Å². The van der Waals surface area contributed by atoms with Crippen LogP contribution in [0.4, 0.5) is 18.0 Å². The van der Waals surface area contributed by atoms with E-state index >= 15 is 0 Å². The van der Waals surface area contributed by atoms with E-state index in [1.165, 1.54) is 17.0 Å². The fraction of sp³-hybridized carbons (Fsp3) is 0.231. The van der Waals surface area contributed by atoms with E-state index in [0.29, 0.717) is 5.56 Å². The Morgan fingerprint density at radius 1 is 1.06 bits per heavy atom. The molecule has 4 rings (SSSR count). The highest BCUT2D eigenvalue weighted by Crippen LogP contribution is 2.38. The standard InChI is InChI=1S/C26H22F3NO5/c1-16-24(18-7-3-2-4-8-18)35-25(33)30(16)15-19-14-20(26(27,28)29)10-11-22(19)34-21-9-5-6-17(12-21)13-23(31)32/h2-12,14,16,24H,13,15H2,1H3,(H,31,32)/t16-,24-/m0/s1. The highest BCUT2D eigenvalue weighted by atomic mass is 19.4. The van der Waals surface area contributed by atoms with Gasteiger partial charge in [0.2, 0.25) is 0 Å². The van der Waals surface area contributed by atoms with Gasteiger partial charge in [0.1, 0.15) is 17.6 Å². The summed E-state index contributed by atoms with van der Waals surface area (Å²) in [7, 11) is 0. The molecule has 1 heterocycles. The number of benzene rings is 3. The van der Waals surface area contributed by atoms with Crippen molar-refractivity contribution in [1.29, 1.82) is 0 Å². The predicted molar refractivity (Wildman–Crippen MR) is 120 cm³/mol. The lowest BCUT2D eigenvalue weighted by atomic mass is 10.0. The molecule has 9 heteroatoms. The summed E-state index contributed by atoms with van der Waals surface area (Å²) in [6.45, 7) is 1.60. The molecule has 1 N–H and O–H groups in total. The van der Waals surface area contributed by atoms with Gasteiger partial charge in [0.15, 0.2) is 0 Å². The van der Waals surface area contributed by atoms with Gasteiger partial charge in [-0.25, -0.2) is 4.79 Å². The zero-order chi connectivity index (χ0) is 25.2. The number of ether oxygens (including phenoxy) is 2. The first kappa shape index (κ1) is 24.1. The van der Waals surface area contributed by atoms with Gasteiger partial charge in [0.05, 0.1) is 24.6 Å². The number of amides is 1. The predicted octanol–water partition coefficient (Wildman–Crippen LogP) is 6.21. The first-order valence-corrected chi connectivity index (χ1v) is 10.8. The molecule has 6 nitrogen and oxygen atoms in total. The molecule has 1 saturated heterocycles. The molecule has 2 atom stereocenters. The van der Waals surface area contributed by atoms with E-state index in [4.69, 9.17) is 14.6 Å². The Labute approximate surface area is 199 Å². The molecule has 1 aliphatic rings. The number of rotatable bonds is 7. The quantitative estimate of drug-likeness (QED) is 0.431. The lowest BCUT2D eigenvalue weighted by Crippen LogP contribution is -2.31. The van der Waals surface area contributed by atoms with Gasteiger partial charge in [0.25, 0.3) is 0 Å². The van der Waals surface area contributed by atoms with Crippen molar-refractivity contribution < 1.29 is 37.3 Å². The smallest absolute Gasteiger partial charge is 0.416 e. The first-order chi connectivity index (χ1) is 16.6. The van der Waals surface area contributed by atoms with E-state index in [1.54, 1.807) is 25.1 Å². The summed E-state index contributed by atoms with van der Waals surface area (Å²) in [5.74, 6) is -0.635. The van der Waals surface area contributed by atoms with E-state index in [1.807, 2.05) is 30.3 Å². The average molecular weight is 485 g/mol. The molecule has 0 aliphatic carbocycles. The molecular formula is C26H22F3NO5. The van der Waals surface area contributed by atoms with Crippen molar-refractivity contribution in [3.63, 3.8) is 0 Å². The lowest BCUT2D eigenvalue weighted by Gasteiger charge is -2.23. The second-order valence-electron chi connectivity index (χ2n) is 8.22. The number of hydrogen-bond acceptors (Lipinski definition) is 4. The van der Waals surface area contributed by atoms with E-state index in [2.05, 4.69) is 0 Å². The third kappa shape index (κ3) is 5.56. The van der Waals surface area contributed by atoms with Crippen LogP contribution in [-0.2, 0) is 28.7 Å². The van der Waals surface area contributed by atoms with Gasteiger partial charge in [-0.2, -0.15) is 13.2 Å². The number of nitrogens with zero attached hydrogens (tertiary/aromatic N) is 1. The molecule has 1 fully saturated rings. The number of carboxylic acid groups (broad SMARTS) is 1. The van der Waals surface area contributed by atoms with Crippen LogP contribution in [-0.4, -0.2) is 28.1 Å². The summed E-state index contributed by atoms with van der Waals surface area (Å²) in [6, 6.07) is 18.0. The van der Waals surface area contributed by atoms with E-state index in [-0.39, 0.29) is 30.0 Å². The normalized spacial score (nSPS) is 17.8. The van der Waals surface area contributed by atoms with Gasteiger partial charge in [-0.1, -0.05) is 42.5 Å². The van der Waals surface area contributed by atoms with Crippen LogP contribution >= 0.6 is 0 Å². The minimum Gasteiger partial charge on any atom is -0.481 e. The molecule has 0 unspecified atom stereocenters. The number of halogens is 3. The Balaban J connectivity index is 1.64. The fourth-order valence-corrected chi connectivity index (χ4v) is 3.99. The molecule has 0 aromatic heterocycles. The number of alkyl halides is 3. The van der Waals surface area contributed by atoms with Crippen molar-refractivity contribution in [3.05, 3.63) is 95.1 Å². The summed E-state index contributed by atoms with van der Waals surface area (Å²) in [5, 5.41) is 9.01. The Morgan fingerprint density at radius 3 is 2.49 bits per heavy atom. The monoisotopic (exact) mass is 485 g/mol. The highest BCUT2D eigenvalue weighted by molar-refractivity contribution is 5.71. The van der Waals surface area contributed by atoms with Crippen molar-refractivity contribution in [1.82, 2.24) is 4.90 Å². The maximum absolute atomic E-state index is 13.4. The van der Waals surface area contributed by atoms with Crippen molar-refractivity contribution in [2.24, 2.45) is 0 Å². The maximum Gasteiger partial charge on any atom is 0.416 e. The number of aliphatic carboxylic acids is 1. The average Bonchev–Trinajstić information content (AvgIpc) is 3.08. The molecule has 1 aliphatic heterocycles. The highest BCUT2D eigenvalue weighted by Gasteiger charge is 2.40. The zero-order valence-electron chi connectivity index (χ0n) is 18.7. The lowest BCUT2D eigenvalue weighted by molar-refractivity contribution is -0.138. The van der Waals surface area contributed by atoms with Gasteiger partial charge in [-0.05, 0) is 48.4 Å². The summed E-state index contributed by atoms with van der Waals surface area (Å²) in [5.41, 5.74) is 0.526. The Kier molecular flexibility index (Phi) is 6.68. The maximum atomic E-state index is 13.4. The topological polar surface area (TPSA) is 76.1 Å². The van der Waals surface area contributed by atoms with Crippen LogP contribution in [0.25, 0.3) is 0 Å². The summed E-state index contributed by atoms with van der Waals surface area (Å²) < 4.78 is 51.7. The summed E-state index contributed by atoms with van der Waals surface area (Å²) in [6.07, 6.45) is -6.02. The van der Waals surface area contributed by atoms with Crippen LogP contribution in [0.1, 0.15) is 35.3 Å². The number of hydrogen-bond donors (Lipinski definition) is 1. The van der Waals surface area contributed by atoms with Crippen LogP contribution in [0.5, 0.6) is 11.5 Å². The summed E-state index contributed by atoms with van der Waals surface area (Å²) in [4.78, 5) is 25.0. The molecule has 3 aromatic carbocycles. The number of cyclic esters (lactones) is 1. The Bertz CT molecular complexity index is 1230. The molecule has 35 heavy (non-hydrogen) atoms. The summed E-state index contributed by atoms with van der Waals surface area (Å²) >= 11 is 0. The molecular weight excluding hydrogens is 463 g/mol. The largest absolute Gasteiger partial charge is 0.481 e. The van der Waals surface area contributed by atoms with E-state index in [9.17, 15) is 22.8 Å². The van der Waals surface area contributed by atoms with Crippen molar-refractivity contribution in [2.75, 3.05) is 0 Å². The first-order valence-electron chi connectivity index (χ1n) is 10.8. The van der Waals surface area contributed by atoms with Crippen LogP contribution in [0.15, 0.2) is 72.8 Å². The van der Waals surface area contributed by atoms with Gasteiger partial charge in [0, 0.05) is 5.56 Å². The van der Waals surface area contributed by atoms with Crippen molar-refractivity contribution in [2.45, 2.75) is 38.2 Å². The second-order valence-corrected chi connectivity index (χ2v) is 8.22. The van der Waals surface area contributed by atoms with Crippen molar-refractivity contribution in [3.8, 4) is 11.5 Å². The molecule has 182 valence electrons. The third-order valence-electron chi connectivity index (χ3n) is 5.73. The SMILES string of the molecule is C[C@H]1[C@@H](c2ccccc2)OC(=O)N1Cc1cc(C(F)(F)F)ccc1Oc1cccc(CC(=O)O)c1. The molecule has 0 spiro atoms. The molecule has 3 aromatic rings. The van der Waals surface area contributed by atoms with Gasteiger partial charge < -0.3 is 14.6 Å².